The predicted molar refractivity (Wildman–Crippen MR) is 91.7 cm³/mol. The molecule has 0 aliphatic heterocycles. The van der Waals surface area contributed by atoms with Crippen molar-refractivity contribution in [3.63, 3.8) is 0 Å². The third-order valence-electron chi connectivity index (χ3n) is 3.54. The zero-order chi connectivity index (χ0) is 16.4. The molecule has 4 rings (SSSR count). The van der Waals surface area contributed by atoms with E-state index in [9.17, 15) is 4.79 Å². The van der Waals surface area contributed by atoms with Gasteiger partial charge in [-0.25, -0.2) is 4.98 Å². The van der Waals surface area contributed by atoms with Gasteiger partial charge in [0.25, 0.3) is 5.56 Å². The van der Waals surface area contributed by atoms with Crippen LogP contribution in [0.5, 0.6) is 0 Å². The summed E-state index contributed by atoms with van der Waals surface area (Å²) in [7, 11) is 0. The smallest absolute Gasteiger partial charge is 0.267 e. The van der Waals surface area contributed by atoms with Crippen LogP contribution in [0.4, 0.5) is 0 Å². The van der Waals surface area contributed by atoms with Crippen LogP contribution in [0.15, 0.2) is 72.0 Å². The molecule has 0 radical (unpaired) electrons. The molecule has 0 aliphatic carbocycles. The van der Waals surface area contributed by atoms with E-state index in [1.165, 1.54) is 10.6 Å². The molecule has 4 aromatic rings. The van der Waals surface area contributed by atoms with Crippen molar-refractivity contribution in [2.24, 2.45) is 0 Å². The summed E-state index contributed by atoms with van der Waals surface area (Å²) in [5, 5.41) is 0. The van der Waals surface area contributed by atoms with Gasteiger partial charge in [0.05, 0.1) is 23.3 Å². The maximum absolute atomic E-state index is 12.5. The van der Waals surface area contributed by atoms with E-state index in [0.29, 0.717) is 11.3 Å². The monoisotopic (exact) mass is 315 g/mol. The Kier molecular flexibility index (Phi) is 3.47. The maximum Gasteiger partial charge on any atom is 0.273 e. The lowest BCUT2D eigenvalue weighted by Gasteiger charge is -2.05. The summed E-state index contributed by atoms with van der Waals surface area (Å²) in [5.74, 6) is 0. The van der Waals surface area contributed by atoms with Crippen LogP contribution in [0.3, 0.4) is 0 Å². The molecule has 0 N–H and O–H groups in total. The highest BCUT2D eigenvalue weighted by atomic mass is 16.1. The Balaban J connectivity index is 1.77. The van der Waals surface area contributed by atoms with Gasteiger partial charge in [0, 0.05) is 30.7 Å². The van der Waals surface area contributed by atoms with Gasteiger partial charge in [0.15, 0.2) is 5.65 Å². The predicted octanol–water partition coefficient (Wildman–Crippen LogP) is 2.45. The summed E-state index contributed by atoms with van der Waals surface area (Å²) < 4.78 is 3.24. The Hall–Kier alpha value is -3.54. The lowest BCUT2D eigenvalue weighted by Crippen LogP contribution is -2.20. The quantitative estimate of drug-likeness (QED) is 0.582. The van der Waals surface area contributed by atoms with Gasteiger partial charge in [-0.2, -0.15) is 4.52 Å². The number of rotatable bonds is 3. The first-order valence-electron chi connectivity index (χ1n) is 7.42. The fraction of sp³-hybridized carbons (Fsp3) is 0. The topological polar surface area (TPSA) is 65.1 Å². The lowest BCUT2D eigenvalue weighted by atomic mass is 10.3. The Bertz CT molecular complexity index is 1060. The van der Waals surface area contributed by atoms with Crippen molar-refractivity contribution in [3.05, 3.63) is 89.0 Å². The minimum Gasteiger partial charge on any atom is -0.267 e. The fourth-order valence-electron chi connectivity index (χ4n) is 2.46. The van der Waals surface area contributed by atoms with Crippen molar-refractivity contribution < 1.29 is 0 Å². The van der Waals surface area contributed by atoms with E-state index in [0.717, 1.165) is 11.4 Å². The zero-order valence-electron chi connectivity index (χ0n) is 12.6. The minimum absolute atomic E-state index is 0.158. The second-order valence-corrected chi connectivity index (χ2v) is 5.15. The lowest BCUT2D eigenvalue weighted by molar-refractivity contribution is 0.760. The first kappa shape index (κ1) is 14.1. The minimum atomic E-state index is -0.158. The standard InChI is InChI=1S/C18H13N5O/c24-18-12-15(7-6-14-4-1-2-10-20-14)21-17-8-11-22(23(17)18)16-5-3-9-19-13-16/h1-13H. The highest BCUT2D eigenvalue weighted by molar-refractivity contribution is 5.66. The van der Waals surface area contributed by atoms with Crippen molar-refractivity contribution in [1.82, 2.24) is 24.1 Å². The molecule has 4 aromatic heterocycles. The van der Waals surface area contributed by atoms with E-state index in [4.69, 9.17) is 0 Å². The first-order chi connectivity index (χ1) is 11.8. The average Bonchev–Trinajstić information content (AvgIpc) is 3.06. The summed E-state index contributed by atoms with van der Waals surface area (Å²) in [6, 6.07) is 12.7. The molecular weight excluding hydrogens is 302 g/mol. The van der Waals surface area contributed by atoms with E-state index in [1.54, 1.807) is 41.6 Å². The largest absolute Gasteiger partial charge is 0.273 e. The summed E-state index contributed by atoms with van der Waals surface area (Å²) in [6.07, 6.45) is 10.5. The molecule has 0 saturated carbocycles. The number of fused-ring (bicyclic) bond motifs is 1. The first-order valence-corrected chi connectivity index (χ1v) is 7.42. The van der Waals surface area contributed by atoms with Gasteiger partial charge in [-0.05, 0) is 36.4 Å². The molecule has 0 atom stereocenters. The summed E-state index contributed by atoms with van der Waals surface area (Å²) in [5.41, 5.74) is 2.62. The summed E-state index contributed by atoms with van der Waals surface area (Å²) in [6.45, 7) is 0. The molecule has 0 aliphatic rings. The fourth-order valence-corrected chi connectivity index (χ4v) is 2.46. The van der Waals surface area contributed by atoms with Crippen molar-refractivity contribution in [2.75, 3.05) is 0 Å². The third-order valence-corrected chi connectivity index (χ3v) is 3.54. The second-order valence-electron chi connectivity index (χ2n) is 5.15. The highest BCUT2D eigenvalue weighted by Crippen LogP contribution is 2.09. The molecule has 0 spiro atoms. The second kappa shape index (κ2) is 5.92. The number of aromatic nitrogens is 5. The van der Waals surface area contributed by atoms with Crippen LogP contribution in [0, 0.1) is 0 Å². The van der Waals surface area contributed by atoms with Gasteiger partial charge in [-0.1, -0.05) is 6.07 Å². The summed E-state index contributed by atoms with van der Waals surface area (Å²) in [4.78, 5) is 25.3. The Morgan fingerprint density at radius 3 is 2.67 bits per heavy atom. The van der Waals surface area contributed by atoms with Crippen LogP contribution >= 0.6 is 0 Å². The van der Waals surface area contributed by atoms with E-state index in [1.807, 2.05) is 36.4 Å². The van der Waals surface area contributed by atoms with E-state index in [-0.39, 0.29) is 5.56 Å². The van der Waals surface area contributed by atoms with Crippen LogP contribution in [0.2, 0.25) is 0 Å². The van der Waals surface area contributed by atoms with Gasteiger partial charge in [-0.3, -0.25) is 19.4 Å². The van der Waals surface area contributed by atoms with Crippen molar-refractivity contribution >= 4 is 17.8 Å². The van der Waals surface area contributed by atoms with Crippen molar-refractivity contribution in [3.8, 4) is 5.69 Å². The van der Waals surface area contributed by atoms with Crippen LogP contribution in [-0.4, -0.2) is 24.1 Å². The molecule has 0 saturated heterocycles. The van der Waals surface area contributed by atoms with Crippen molar-refractivity contribution in [2.45, 2.75) is 0 Å². The van der Waals surface area contributed by atoms with Crippen LogP contribution in [0.1, 0.15) is 11.4 Å². The van der Waals surface area contributed by atoms with Crippen LogP contribution in [-0.2, 0) is 0 Å². The van der Waals surface area contributed by atoms with E-state index >= 15 is 0 Å². The summed E-state index contributed by atoms with van der Waals surface area (Å²) >= 11 is 0. The van der Waals surface area contributed by atoms with Gasteiger partial charge in [-0.15, -0.1) is 0 Å². The van der Waals surface area contributed by atoms with E-state index < -0.39 is 0 Å². The zero-order valence-corrected chi connectivity index (χ0v) is 12.6. The molecular formula is C18H13N5O. The molecule has 0 bridgehead atoms. The normalized spacial score (nSPS) is 11.3. The van der Waals surface area contributed by atoms with Crippen LogP contribution in [0.25, 0.3) is 23.5 Å². The van der Waals surface area contributed by atoms with Gasteiger partial charge in [0.1, 0.15) is 0 Å². The molecule has 116 valence electrons. The number of nitrogens with zero attached hydrogens (tertiary/aromatic N) is 5. The third kappa shape index (κ3) is 2.61. The van der Waals surface area contributed by atoms with Gasteiger partial charge in [0.2, 0.25) is 0 Å². The molecule has 0 aromatic carbocycles. The Morgan fingerprint density at radius 1 is 0.958 bits per heavy atom. The molecule has 4 heterocycles. The molecule has 0 fully saturated rings. The Morgan fingerprint density at radius 2 is 1.88 bits per heavy atom. The molecule has 6 heteroatoms. The highest BCUT2D eigenvalue weighted by Gasteiger charge is 2.07. The van der Waals surface area contributed by atoms with Gasteiger partial charge >= 0.3 is 0 Å². The molecule has 0 unspecified atom stereocenters. The molecule has 6 nitrogen and oxygen atoms in total. The maximum atomic E-state index is 12.5. The SMILES string of the molecule is O=c1cc(C=Cc2ccccn2)nc2ccn(-c3cccnc3)n12. The number of hydrogen-bond acceptors (Lipinski definition) is 4. The van der Waals surface area contributed by atoms with Gasteiger partial charge < -0.3 is 0 Å². The van der Waals surface area contributed by atoms with Crippen molar-refractivity contribution in [1.29, 1.82) is 0 Å². The van der Waals surface area contributed by atoms with E-state index in [2.05, 4.69) is 15.0 Å². The molecule has 24 heavy (non-hydrogen) atoms. The number of pyridine rings is 2. The number of hydrogen-bond donors (Lipinski definition) is 0. The molecule has 0 amide bonds. The van der Waals surface area contributed by atoms with Crippen LogP contribution < -0.4 is 5.56 Å². The Labute approximate surface area is 137 Å². The average molecular weight is 315 g/mol.